The Labute approximate surface area is 99.1 Å². The highest BCUT2D eigenvalue weighted by Gasteiger charge is 2.07. The van der Waals surface area contributed by atoms with Gasteiger partial charge < -0.3 is 11.1 Å². The number of hydrogen-bond donors (Lipinski definition) is 2. The minimum Gasteiger partial charge on any atom is -0.368 e. The molecule has 2 heterocycles. The molecule has 0 aromatic carbocycles. The molecule has 7 heteroatoms. The molecule has 2 rings (SSSR count). The molecule has 0 aliphatic rings. The zero-order chi connectivity index (χ0) is 12.3. The Morgan fingerprint density at radius 3 is 2.88 bits per heavy atom. The van der Waals surface area contributed by atoms with Gasteiger partial charge in [-0.3, -0.25) is 4.57 Å². The van der Waals surface area contributed by atoms with Crippen molar-refractivity contribution in [3.05, 3.63) is 18.7 Å². The predicted octanol–water partition coefficient (Wildman–Crippen LogP) is 0.850. The SMILES string of the molecule is CCC(C)Nc1nc(N)nc(-n2ccnc2)n1. The molecule has 0 saturated heterocycles. The fraction of sp³-hybridized carbons (Fsp3) is 0.400. The first kappa shape index (κ1) is 11.3. The first-order valence-corrected chi connectivity index (χ1v) is 5.45. The van der Waals surface area contributed by atoms with Gasteiger partial charge in [-0.2, -0.15) is 15.0 Å². The quantitative estimate of drug-likeness (QED) is 0.813. The van der Waals surface area contributed by atoms with Crippen molar-refractivity contribution < 1.29 is 0 Å². The number of anilines is 2. The van der Waals surface area contributed by atoms with Crippen LogP contribution >= 0.6 is 0 Å². The highest BCUT2D eigenvalue weighted by molar-refractivity contribution is 5.35. The Bertz CT molecular complexity index is 479. The molecule has 1 atom stereocenters. The normalized spacial score (nSPS) is 12.4. The van der Waals surface area contributed by atoms with Crippen LogP contribution in [-0.4, -0.2) is 30.5 Å². The molecule has 0 spiro atoms. The van der Waals surface area contributed by atoms with Gasteiger partial charge in [0.1, 0.15) is 6.33 Å². The molecule has 0 fully saturated rings. The van der Waals surface area contributed by atoms with Gasteiger partial charge in [0, 0.05) is 18.4 Å². The maximum atomic E-state index is 5.65. The lowest BCUT2D eigenvalue weighted by molar-refractivity contribution is 0.748. The lowest BCUT2D eigenvalue weighted by Crippen LogP contribution is -2.17. The first-order valence-electron chi connectivity index (χ1n) is 5.45. The fourth-order valence-electron chi connectivity index (χ4n) is 1.26. The van der Waals surface area contributed by atoms with Crippen molar-refractivity contribution >= 4 is 11.9 Å². The Morgan fingerprint density at radius 2 is 2.24 bits per heavy atom. The van der Waals surface area contributed by atoms with Gasteiger partial charge in [0.15, 0.2) is 0 Å². The molecule has 3 N–H and O–H groups in total. The lowest BCUT2D eigenvalue weighted by atomic mass is 10.3. The van der Waals surface area contributed by atoms with Crippen LogP contribution in [0.25, 0.3) is 5.95 Å². The van der Waals surface area contributed by atoms with E-state index in [1.807, 2.05) is 0 Å². The van der Waals surface area contributed by atoms with Gasteiger partial charge in [-0.15, -0.1) is 0 Å². The van der Waals surface area contributed by atoms with Gasteiger partial charge in [0.25, 0.3) is 0 Å². The minimum absolute atomic E-state index is 0.189. The van der Waals surface area contributed by atoms with E-state index in [-0.39, 0.29) is 12.0 Å². The second kappa shape index (κ2) is 4.77. The number of hydrogen-bond acceptors (Lipinski definition) is 6. The fourth-order valence-corrected chi connectivity index (χ4v) is 1.26. The van der Waals surface area contributed by atoms with Crippen molar-refractivity contribution in [2.24, 2.45) is 0 Å². The molecule has 1 unspecified atom stereocenters. The highest BCUT2D eigenvalue weighted by Crippen LogP contribution is 2.08. The third-order valence-electron chi connectivity index (χ3n) is 2.36. The Kier molecular flexibility index (Phi) is 3.17. The summed E-state index contributed by atoms with van der Waals surface area (Å²) in [5.41, 5.74) is 5.65. The van der Waals surface area contributed by atoms with Crippen LogP contribution in [0.4, 0.5) is 11.9 Å². The number of imidazole rings is 1. The van der Waals surface area contributed by atoms with Gasteiger partial charge in [0.2, 0.25) is 17.8 Å². The Balaban J connectivity index is 2.30. The lowest BCUT2D eigenvalue weighted by Gasteiger charge is -2.12. The maximum Gasteiger partial charge on any atom is 0.241 e. The molecule has 0 amide bonds. The van der Waals surface area contributed by atoms with Crippen LogP contribution < -0.4 is 11.1 Å². The van der Waals surface area contributed by atoms with E-state index in [1.165, 1.54) is 0 Å². The molecule has 0 aliphatic carbocycles. The molecular weight excluding hydrogens is 218 g/mol. The number of nitrogens with zero attached hydrogens (tertiary/aromatic N) is 5. The van der Waals surface area contributed by atoms with Crippen LogP contribution in [0.2, 0.25) is 0 Å². The monoisotopic (exact) mass is 233 g/mol. The number of rotatable bonds is 4. The number of aromatic nitrogens is 5. The van der Waals surface area contributed by atoms with Crippen molar-refractivity contribution in [2.45, 2.75) is 26.3 Å². The van der Waals surface area contributed by atoms with E-state index >= 15 is 0 Å². The number of nitrogens with one attached hydrogen (secondary N) is 1. The largest absolute Gasteiger partial charge is 0.368 e. The summed E-state index contributed by atoms with van der Waals surface area (Å²) < 4.78 is 1.68. The first-order chi connectivity index (χ1) is 8.19. The van der Waals surface area contributed by atoms with Crippen molar-refractivity contribution in [1.82, 2.24) is 24.5 Å². The van der Waals surface area contributed by atoms with Gasteiger partial charge in [-0.1, -0.05) is 6.92 Å². The summed E-state index contributed by atoms with van der Waals surface area (Å²) in [6, 6.07) is 0.285. The highest BCUT2D eigenvalue weighted by atomic mass is 15.3. The van der Waals surface area contributed by atoms with Crippen LogP contribution in [0.5, 0.6) is 0 Å². The molecule has 7 nitrogen and oxygen atoms in total. The molecule has 0 bridgehead atoms. The summed E-state index contributed by atoms with van der Waals surface area (Å²) in [5.74, 6) is 1.13. The molecule has 2 aromatic heterocycles. The molecule has 2 aromatic rings. The number of nitrogen functional groups attached to an aromatic ring is 1. The van der Waals surface area contributed by atoms with Crippen LogP contribution in [0.15, 0.2) is 18.7 Å². The third-order valence-corrected chi connectivity index (χ3v) is 2.36. The van der Waals surface area contributed by atoms with E-state index in [0.717, 1.165) is 6.42 Å². The average molecular weight is 233 g/mol. The van der Waals surface area contributed by atoms with Gasteiger partial charge in [0.05, 0.1) is 0 Å². The zero-order valence-corrected chi connectivity index (χ0v) is 9.83. The molecule has 0 saturated carbocycles. The van der Waals surface area contributed by atoms with Crippen LogP contribution in [0.1, 0.15) is 20.3 Å². The zero-order valence-electron chi connectivity index (χ0n) is 9.83. The molecule has 0 aliphatic heterocycles. The minimum atomic E-state index is 0.189. The van der Waals surface area contributed by atoms with E-state index in [2.05, 4.69) is 39.1 Å². The molecule has 90 valence electrons. The van der Waals surface area contributed by atoms with E-state index in [1.54, 1.807) is 23.3 Å². The summed E-state index contributed by atoms with van der Waals surface area (Å²) in [5, 5.41) is 3.16. The summed E-state index contributed by atoms with van der Waals surface area (Å²) in [4.78, 5) is 16.3. The standard InChI is InChI=1S/C10H15N7/c1-3-7(2)13-9-14-8(11)15-10(16-9)17-5-4-12-6-17/h4-7H,3H2,1-2H3,(H3,11,13,14,15,16). The topological polar surface area (TPSA) is 94.5 Å². The average Bonchev–Trinajstić information content (AvgIpc) is 2.81. The van der Waals surface area contributed by atoms with Gasteiger partial charge in [-0.05, 0) is 13.3 Å². The van der Waals surface area contributed by atoms with Crippen LogP contribution in [0, 0.1) is 0 Å². The number of nitrogens with two attached hydrogens (primary N) is 1. The summed E-state index contributed by atoms with van der Waals surface area (Å²) >= 11 is 0. The summed E-state index contributed by atoms with van der Waals surface area (Å²) in [6.45, 7) is 4.13. The third kappa shape index (κ3) is 2.68. The molecule has 17 heavy (non-hydrogen) atoms. The van der Waals surface area contributed by atoms with E-state index in [4.69, 9.17) is 5.73 Å². The van der Waals surface area contributed by atoms with Gasteiger partial charge in [-0.25, -0.2) is 4.98 Å². The van der Waals surface area contributed by atoms with Crippen LogP contribution in [0.3, 0.4) is 0 Å². The van der Waals surface area contributed by atoms with E-state index in [9.17, 15) is 0 Å². The second-order valence-corrected chi connectivity index (χ2v) is 3.74. The Hall–Kier alpha value is -2.18. The second-order valence-electron chi connectivity index (χ2n) is 3.74. The maximum absolute atomic E-state index is 5.65. The van der Waals surface area contributed by atoms with Gasteiger partial charge >= 0.3 is 0 Å². The summed E-state index contributed by atoms with van der Waals surface area (Å²) in [7, 11) is 0. The van der Waals surface area contributed by atoms with Crippen molar-refractivity contribution in [2.75, 3.05) is 11.1 Å². The van der Waals surface area contributed by atoms with E-state index < -0.39 is 0 Å². The predicted molar refractivity (Wildman–Crippen MR) is 64.7 cm³/mol. The van der Waals surface area contributed by atoms with Crippen molar-refractivity contribution in [1.29, 1.82) is 0 Å². The molecular formula is C10H15N7. The van der Waals surface area contributed by atoms with Crippen LogP contribution in [-0.2, 0) is 0 Å². The van der Waals surface area contributed by atoms with Crippen molar-refractivity contribution in [3.8, 4) is 5.95 Å². The van der Waals surface area contributed by atoms with E-state index in [0.29, 0.717) is 11.9 Å². The Morgan fingerprint density at radius 1 is 1.41 bits per heavy atom. The smallest absolute Gasteiger partial charge is 0.241 e. The molecule has 0 radical (unpaired) electrons. The van der Waals surface area contributed by atoms with Crippen molar-refractivity contribution in [3.63, 3.8) is 0 Å². The summed E-state index contributed by atoms with van der Waals surface area (Å²) in [6.07, 6.45) is 6.00.